The van der Waals surface area contributed by atoms with Gasteiger partial charge in [-0.15, -0.1) is 11.3 Å². The first-order valence-corrected chi connectivity index (χ1v) is 10.3. The minimum atomic E-state index is -3.83. The standard InChI is InChI=1S/C17H24N4O2S2/c1-10(2)21-12(4)16(11(3)19-21)25(22,23)20-13-8-15(17(5,6)7)24-14(13)9-18/h8,10,20H,1-7H3. The topological polar surface area (TPSA) is 87.8 Å². The predicted molar refractivity (Wildman–Crippen MR) is 101 cm³/mol. The van der Waals surface area contributed by atoms with Gasteiger partial charge in [0.15, 0.2) is 0 Å². The number of aryl methyl sites for hydroxylation is 1. The molecule has 136 valence electrons. The first-order chi connectivity index (χ1) is 11.4. The molecule has 0 aliphatic carbocycles. The Hall–Kier alpha value is -1.85. The molecule has 2 rings (SSSR count). The van der Waals surface area contributed by atoms with Gasteiger partial charge in [-0.3, -0.25) is 9.40 Å². The Balaban J connectivity index is 2.51. The average molecular weight is 381 g/mol. The van der Waals surface area contributed by atoms with Crippen molar-refractivity contribution in [3.63, 3.8) is 0 Å². The molecule has 0 unspecified atom stereocenters. The Bertz CT molecular complexity index is 939. The number of aromatic nitrogens is 2. The second-order valence-electron chi connectivity index (χ2n) is 7.36. The van der Waals surface area contributed by atoms with Gasteiger partial charge in [-0.1, -0.05) is 20.8 Å². The first kappa shape index (κ1) is 19.5. The van der Waals surface area contributed by atoms with E-state index in [1.54, 1.807) is 24.6 Å². The van der Waals surface area contributed by atoms with Crippen LogP contribution in [0.2, 0.25) is 0 Å². The normalized spacial score (nSPS) is 12.4. The van der Waals surface area contributed by atoms with Gasteiger partial charge in [-0.2, -0.15) is 10.4 Å². The molecule has 6 nitrogen and oxygen atoms in total. The van der Waals surface area contributed by atoms with Crippen LogP contribution in [0.25, 0.3) is 0 Å². The number of hydrogen-bond acceptors (Lipinski definition) is 5. The summed E-state index contributed by atoms with van der Waals surface area (Å²) in [5.41, 5.74) is 1.20. The van der Waals surface area contributed by atoms with Gasteiger partial charge < -0.3 is 0 Å². The zero-order valence-corrected chi connectivity index (χ0v) is 17.3. The maximum Gasteiger partial charge on any atom is 0.265 e. The lowest BCUT2D eigenvalue weighted by Crippen LogP contribution is -2.15. The van der Waals surface area contributed by atoms with Gasteiger partial charge in [0.25, 0.3) is 10.0 Å². The summed E-state index contributed by atoms with van der Waals surface area (Å²) in [6, 6.07) is 3.89. The van der Waals surface area contributed by atoms with Crippen LogP contribution in [-0.2, 0) is 15.4 Å². The molecule has 0 spiro atoms. The minimum absolute atomic E-state index is 0.0611. The van der Waals surface area contributed by atoms with E-state index in [-0.39, 0.29) is 16.4 Å². The van der Waals surface area contributed by atoms with Crippen LogP contribution in [0.15, 0.2) is 11.0 Å². The van der Waals surface area contributed by atoms with Gasteiger partial charge >= 0.3 is 0 Å². The molecule has 2 aromatic heterocycles. The molecule has 0 aromatic carbocycles. The molecule has 0 bridgehead atoms. The van der Waals surface area contributed by atoms with Gasteiger partial charge in [-0.25, -0.2) is 8.42 Å². The smallest absolute Gasteiger partial charge is 0.265 e. The largest absolute Gasteiger partial charge is 0.277 e. The van der Waals surface area contributed by atoms with E-state index in [0.29, 0.717) is 22.0 Å². The summed E-state index contributed by atoms with van der Waals surface area (Å²) in [6.07, 6.45) is 0. The third-order valence-corrected chi connectivity index (χ3v) is 6.92. The highest BCUT2D eigenvalue weighted by Gasteiger charge is 2.28. The fourth-order valence-corrected chi connectivity index (χ4v) is 5.15. The van der Waals surface area contributed by atoms with E-state index in [0.717, 1.165) is 4.88 Å². The van der Waals surface area contributed by atoms with Crippen LogP contribution in [-0.4, -0.2) is 18.2 Å². The molecule has 25 heavy (non-hydrogen) atoms. The van der Waals surface area contributed by atoms with Gasteiger partial charge in [0.05, 0.1) is 17.1 Å². The van der Waals surface area contributed by atoms with E-state index in [1.807, 2.05) is 34.6 Å². The minimum Gasteiger partial charge on any atom is -0.277 e. The van der Waals surface area contributed by atoms with Gasteiger partial charge in [0.2, 0.25) is 0 Å². The molecular formula is C17H24N4O2S2. The molecule has 8 heteroatoms. The van der Waals surface area contributed by atoms with Crippen LogP contribution >= 0.6 is 11.3 Å². The molecule has 0 amide bonds. The summed E-state index contributed by atoms with van der Waals surface area (Å²) < 4.78 is 30.2. The monoisotopic (exact) mass is 380 g/mol. The van der Waals surface area contributed by atoms with Crippen LogP contribution < -0.4 is 4.72 Å². The maximum absolute atomic E-state index is 12.9. The number of hydrogen-bond donors (Lipinski definition) is 1. The summed E-state index contributed by atoms with van der Waals surface area (Å²) in [6.45, 7) is 13.4. The van der Waals surface area contributed by atoms with E-state index >= 15 is 0 Å². The van der Waals surface area contributed by atoms with Crippen molar-refractivity contribution in [1.82, 2.24) is 9.78 Å². The molecule has 0 aliphatic heterocycles. The highest BCUT2D eigenvalue weighted by molar-refractivity contribution is 7.92. The molecule has 0 radical (unpaired) electrons. The molecule has 1 N–H and O–H groups in total. The van der Waals surface area contributed by atoms with Crippen LogP contribution in [0.1, 0.15) is 61.8 Å². The number of nitriles is 1. The first-order valence-electron chi connectivity index (χ1n) is 8.01. The van der Waals surface area contributed by atoms with Crippen LogP contribution in [0.4, 0.5) is 5.69 Å². The number of thiophene rings is 1. The van der Waals surface area contributed by atoms with E-state index in [9.17, 15) is 13.7 Å². The van der Waals surface area contributed by atoms with Gasteiger partial charge in [0, 0.05) is 10.9 Å². The quantitative estimate of drug-likeness (QED) is 0.864. The van der Waals surface area contributed by atoms with Crippen molar-refractivity contribution in [3.05, 3.63) is 27.2 Å². The fraction of sp³-hybridized carbons (Fsp3) is 0.529. The van der Waals surface area contributed by atoms with Gasteiger partial charge in [0.1, 0.15) is 15.8 Å². The van der Waals surface area contributed by atoms with E-state index < -0.39 is 10.0 Å². The summed E-state index contributed by atoms with van der Waals surface area (Å²) in [5, 5.41) is 13.7. The number of anilines is 1. The third-order valence-electron chi connectivity index (χ3n) is 3.83. The van der Waals surface area contributed by atoms with Crippen molar-refractivity contribution >= 4 is 27.0 Å². The second-order valence-corrected chi connectivity index (χ2v) is 10.0. The summed E-state index contributed by atoms with van der Waals surface area (Å²) in [4.78, 5) is 1.49. The highest BCUT2D eigenvalue weighted by Crippen LogP contribution is 2.36. The Morgan fingerprint density at radius 3 is 2.36 bits per heavy atom. The number of rotatable bonds is 4. The van der Waals surface area contributed by atoms with Crippen molar-refractivity contribution in [3.8, 4) is 6.07 Å². The molecule has 0 fully saturated rings. The summed E-state index contributed by atoms with van der Waals surface area (Å²) >= 11 is 1.31. The Morgan fingerprint density at radius 1 is 1.32 bits per heavy atom. The average Bonchev–Trinajstić information content (AvgIpc) is 2.99. The number of nitrogens with zero attached hydrogens (tertiary/aromatic N) is 3. The number of sulfonamides is 1. The molecule has 2 aromatic rings. The van der Waals surface area contributed by atoms with E-state index in [1.165, 1.54) is 11.3 Å². The SMILES string of the molecule is Cc1nn(C(C)C)c(C)c1S(=O)(=O)Nc1cc(C(C)(C)C)sc1C#N. The maximum atomic E-state index is 12.9. The second kappa shape index (κ2) is 6.46. The molecule has 0 saturated heterocycles. The van der Waals surface area contributed by atoms with E-state index in [2.05, 4.69) is 15.9 Å². The zero-order valence-electron chi connectivity index (χ0n) is 15.6. The van der Waals surface area contributed by atoms with Crippen LogP contribution in [0.3, 0.4) is 0 Å². The predicted octanol–water partition coefficient (Wildman–Crippen LogP) is 4.11. The Morgan fingerprint density at radius 2 is 1.92 bits per heavy atom. The fourth-order valence-electron chi connectivity index (χ4n) is 2.65. The van der Waals surface area contributed by atoms with Crippen molar-refractivity contribution in [2.24, 2.45) is 0 Å². The lowest BCUT2D eigenvalue weighted by Gasteiger charge is -2.15. The van der Waals surface area contributed by atoms with E-state index in [4.69, 9.17) is 0 Å². The highest BCUT2D eigenvalue weighted by atomic mass is 32.2. The third kappa shape index (κ3) is 3.72. The number of nitrogens with one attached hydrogen (secondary N) is 1. The molecule has 0 atom stereocenters. The van der Waals surface area contributed by atoms with Crippen molar-refractivity contribution in [2.75, 3.05) is 4.72 Å². The van der Waals surface area contributed by atoms with Crippen molar-refractivity contribution in [1.29, 1.82) is 5.26 Å². The lowest BCUT2D eigenvalue weighted by atomic mass is 9.95. The van der Waals surface area contributed by atoms with Crippen molar-refractivity contribution in [2.45, 2.75) is 64.8 Å². The Kier molecular flexibility index (Phi) is 5.04. The molecule has 0 aliphatic rings. The molecule has 0 saturated carbocycles. The summed E-state index contributed by atoms with van der Waals surface area (Å²) in [7, 11) is -3.83. The van der Waals surface area contributed by atoms with Crippen LogP contribution in [0.5, 0.6) is 0 Å². The molecular weight excluding hydrogens is 356 g/mol. The zero-order chi connectivity index (χ0) is 19.2. The van der Waals surface area contributed by atoms with Crippen LogP contribution in [0, 0.1) is 25.2 Å². The van der Waals surface area contributed by atoms with Gasteiger partial charge in [-0.05, 0) is 39.2 Å². The Labute approximate surface area is 153 Å². The van der Waals surface area contributed by atoms with Crippen molar-refractivity contribution < 1.29 is 8.42 Å². The molecule has 2 heterocycles. The summed E-state index contributed by atoms with van der Waals surface area (Å²) in [5.74, 6) is 0. The lowest BCUT2D eigenvalue weighted by molar-refractivity contribution is 0.514.